The monoisotopic (exact) mass is 301 g/mol. The van der Waals surface area contributed by atoms with Gasteiger partial charge < -0.3 is 5.11 Å². The third kappa shape index (κ3) is 3.17. The number of benzene rings is 1. The molecule has 1 aromatic carbocycles. The number of hydrogen-bond acceptors (Lipinski definition) is 3. The van der Waals surface area contributed by atoms with Crippen molar-refractivity contribution in [2.45, 2.75) is 24.3 Å². The van der Waals surface area contributed by atoms with Gasteiger partial charge in [-0.25, -0.2) is 13.1 Å². The van der Waals surface area contributed by atoms with Crippen molar-refractivity contribution < 1.29 is 13.5 Å². The third-order valence-electron chi connectivity index (χ3n) is 3.16. The van der Waals surface area contributed by atoms with Crippen LogP contribution in [-0.4, -0.2) is 26.2 Å². The van der Waals surface area contributed by atoms with Crippen molar-refractivity contribution >= 4 is 21.6 Å². The summed E-state index contributed by atoms with van der Waals surface area (Å²) in [6.07, 6.45) is 4.16. The van der Waals surface area contributed by atoms with E-state index < -0.39 is 10.0 Å². The van der Waals surface area contributed by atoms with Crippen LogP contribution in [0.4, 0.5) is 0 Å². The van der Waals surface area contributed by atoms with Gasteiger partial charge in [-0.3, -0.25) is 0 Å². The summed E-state index contributed by atoms with van der Waals surface area (Å²) in [5, 5.41) is 9.28. The highest BCUT2D eigenvalue weighted by atomic mass is 35.5. The molecule has 0 fully saturated rings. The van der Waals surface area contributed by atoms with Crippen molar-refractivity contribution in [1.82, 2.24) is 4.72 Å². The van der Waals surface area contributed by atoms with Gasteiger partial charge in [-0.1, -0.05) is 35.9 Å². The molecule has 0 spiro atoms. The molecule has 0 saturated heterocycles. The molecule has 0 saturated carbocycles. The number of nitrogens with one attached hydrogen (secondary N) is 1. The molecule has 2 rings (SSSR count). The summed E-state index contributed by atoms with van der Waals surface area (Å²) in [5.74, 6) is 0.0145. The number of hydrogen-bond donors (Lipinski definition) is 2. The molecule has 0 unspecified atom stereocenters. The summed E-state index contributed by atoms with van der Waals surface area (Å²) in [4.78, 5) is 0.0926. The fourth-order valence-corrected chi connectivity index (χ4v) is 3.87. The van der Waals surface area contributed by atoms with Gasteiger partial charge in [0.2, 0.25) is 10.0 Å². The van der Waals surface area contributed by atoms with E-state index in [2.05, 4.69) is 4.72 Å². The van der Waals surface area contributed by atoms with Crippen molar-refractivity contribution in [3.8, 4) is 0 Å². The van der Waals surface area contributed by atoms with E-state index in [-0.39, 0.29) is 28.5 Å². The molecule has 2 atom stereocenters. The Labute approximate surface area is 118 Å². The maximum atomic E-state index is 12.3. The van der Waals surface area contributed by atoms with Crippen molar-refractivity contribution in [1.29, 1.82) is 0 Å². The Kier molecular flexibility index (Phi) is 4.30. The summed E-state index contributed by atoms with van der Waals surface area (Å²) in [6.45, 7) is 1.79. The lowest BCUT2D eigenvalue weighted by molar-refractivity contribution is 0.248. The van der Waals surface area contributed by atoms with Crippen molar-refractivity contribution in [2.75, 3.05) is 6.61 Å². The first kappa shape index (κ1) is 14.5. The van der Waals surface area contributed by atoms with E-state index in [0.717, 1.165) is 5.56 Å². The molecule has 104 valence electrons. The Morgan fingerprint density at radius 1 is 1.42 bits per heavy atom. The second kappa shape index (κ2) is 5.63. The zero-order chi connectivity index (χ0) is 14.0. The van der Waals surface area contributed by atoms with Gasteiger partial charge in [0.05, 0.1) is 5.02 Å². The molecule has 19 heavy (non-hydrogen) atoms. The lowest BCUT2D eigenvalue weighted by atomic mass is 10.1. The van der Waals surface area contributed by atoms with Gasteiger partial charge in [0.1, 0.15) is 4.90 Å². The second-order valence-corrected chi connectivity index (χ2v) is 6.74. The molecule has 4 nitrogen and oxygen atoms in total. The Morgan fingerprint density at radius 3 is 2.79 bits per heavy atom. The van der Waals surface area contributed by atoms with Gasteiger partial charge in [0.25, 0.3) is 0 Å². The van der Waals surface area contributed by atoms with Gasteiger partial charge in [0, 0.05) is 18.6 Å². The summed E-state index contributed by atoms with van der Waals surface area (Å²) < 4.78 is 27.1. The lowest BCUT2D eigenvalue weighted by Crippen LogP contribution is -2.33. The number of halogens is 1. The molecule has 0 aliphatic heterocycles. The number of rotatable bonds is 4. The Bertz CT molecular complexity index is 598. The Balaban J connectivity index is 2.20. The molecular formula is C13H16ClNO3S. The standard InChI is InChI=1S/C13H16ClNO3S/c1-9-3-2-4-12(13(9)14)19(17,18)15-11-6-5-10(7-11)8-16/h2-6,10-11,15-16H,7-8H2,1H3/t10-,11+/m0/s1. The molecule has 2 N–H and O–H groups in total. The van der Waals surface area contributed by atoms with Gasteiger partial charge in [-0.05, 0) is 25.0 Å². The minimum absolute atomic E-state index is 0.0145. The average molecular weight is 302 g/mol. The predicted molar refractivity (Wildman–Crippen MR) is 74.6 cm³/mol. The molecule has 0 bridgehead atoms. The molecule has 1 aliphatic rings. The highest BCUT2D eigenvalue weighted by Crippen LogP contribution is 2.26. The summed E-state index contributed by atoms with van der Waals surface area (Å²) >= 11 is 6.04. The van der Waals surface area contributed by atoms with E-state index in [1.807, 2.05) is 6.08 Å². The van der Waals surface area contributed by atoms with Crippen LogP contribution in [0.5, 0.6) is 0 Å². The van der Waals surface area contributed by atoms with Crippen LogP contribution in [0.15, 0.2) is 35.2 Å². The van der Waals surface area contributed by atoms with E-state index in [4.69, 9.17) is 16.7 Å². The smallest absolute Gasteiger partial charge is 0.242 e. The SMILES string of the molecule is Cc1cccc(S(=O)(=O)N[C@@H]2C=C[C@H](CO)C2)c1Cl. The van der Waals surface area contributed by atoms with Crippen LogP contribution >= 0.6 is 11.6 Å². The highest BCUT2D eigenvalue weighted by Gasteiger charge is 2.25. The quantitative estimate of drug-likeness (QED) is 0.834. The van der Waals surface area contributed by atoms with E-state index in [9.17, 15) is 8.42 Å². The average Bonchev–Trinajstić information content (AvgIpc) is 2.79. The molecule has 0 heterocycles. The number of aliphatic hydroxyl groups excluding tert-OH is 1. The lowest BCUT2D eigenvalue weighted by Gasteiger charge is -2.14. The van der Waals surface area contributed by atoms with Crippen molar-refractivity contribution in [2.24, 2.45) is 5.92 Å². The van der Waals surface area contributed by atoms with Gasteiger partial charge in [-0.2, -0.15) is 0 Å². The number of sulfonamides is 1. The first-order valence-electron chi connectivity index (χ1n) is 6.00. The Hall–Kier alpha value is -0.880. The van der Waals surface area contributed by atoms with Crippen LogP contribution < -0.4 is 4.72 Å². The first-order valence-corrected chi connectivity index (χ1v) is 7.87. The zero-order valence-electron chi connectivity index (χ0n) is 10.5. The zero-order valence-corrected chi connectivity index (χ0v) is 12.1. The van der Waals surface area contributed by atoms with Crippen LogP contribution in [0, 0.1) is 12.8 Å². The minimum atomic E-state index is -3.64. The van der Waals surface area contributed by atoms with Gasteiger partial charge in [-0.15, -0.1) is 0 Å². The van der Waals surface area contributed by atoms with Gasteiger partial charge in [0.15, 0.2) is 0 Å². The fourth-order valence-electron chi connectivity index (χ4n) is 2.09. The predicted octanol–water partition coefficient (Wildman–Crippen LogP) is 1.86. The van der Waals surface area contributed by atoms with Crippen LogP contribution in [0.25, 0.3) is 0 Å². The van der Waals surface area contributed by atoms with Crippen LogP contribution in [0.2, 0.25) is 5.02 Å². The molecule has 6 heteroatoms. The van der Waals surface area contributed by atoms with Gasteiger partial charge >= 0.3 is 0 Å². The van der Waals surface area contributed by atoms with E-state index in [1.54, 1.807) is 25.1 Å². The highest BCUT2D eigenvalue weighted by molar-refractivity contribution is 7.89. The molecular weight excluding hydrogens is 286 g/mol. The second-order valence-electron chi connectivity index (χ2n) is 4.68. The van der Waals surface area contributed by atoms with E-state index in [0.29, 0.717) is 6.42 Å². The summed E-state index contributed by atoms with van der Waals surface area (Å²) in [7, 11) is -3.64. The number of aliphatic hydroxyl groups is 1. The molecule has 0 amide bonds. The topological polar surface area (TPSA) is 66.4 Å². The van der Waals surface area contributed by atoms with E-state index in [1.165, 1.54) is 6.07 Å². The fraction of sp³-hybridized carbons (Fsp3) is 0.385. The summed E-state index contributed by atoms with van der Waals surface area (Å²) in [6, 6.07) is 4.62. The molecule has 1 aromatic rings. The third-order valence-corrected chi connectivity index (χ3v) is 5.31. The first-order chi connectivity index (χ1) is 8.94. The number of aryl methyl sites for hydroxylation is 1. The van der Waals surface area contributed by atoms with Crippen molar-refractivity contribution in [3.63, 3.8) is 0 Å². The Morgan fingerprint density at radius 2 is 2.16 bits per heavy atom. The van der Waals surface area contributed by atoms with E-state index >= 15 is 0 Å². The van der Waals surface area contributed by atoms with Crippen LogP contribution in [0.3, 0.4) is 0 Å². The molecule has 1 aliphatic carbocycles. The van der Waals surface area contributed by atoms with Crippen LogP contribution in [-0.2, 0) is 10.0 Å². The maximum absolute atomic E-state index is 12.3. The largest absolute Gasteiger partial charge is 0.396 e. The van der Waals surface area contributed by atoms with Crippen molar-refractivity contribution in [3.05, 3.63) is 40.9 Å². The van der Waals surface area contributed by atoms with Crippen LogP contribution in [0.1, 0.15) is 12.0 Å². The minimum Gasteiger partial charge on any atom is -0.396 e. The summed E-state index contributed by atoms with van der Waals surface area (Å²) in [5.41, 5.74) is 0.722. The maximum Gasteiger partial charge on any atom is 0.242 e. The molecule has 0 aromatic heterocycles. The molecule has 0 radical (unpaired) electrons. The normalized spacial score (nSPS) is 22.9.